The maximum atomic E-state index is 5.72. The summed E-state index contributed by atoms with van der Waals surface area (Å²) < 4.78 is 5.72. The Morgan fingerprint density at radius 1 is 1.35 bits per heavy atom. The minimum atomic E-state index is 0.488. The van der Waals surface area contributed by atoms with Crippen molar-refractivity contribution in [3.8, 4) is 0 Å². The second-order valence-electron chi connectivity index (χ2n) is 5.34. The van der Waals surface area contributed by atoms with E-state index in [4.69, 9.17) is 4.74 Å². The van der Waals surface area contributed by atoms with Gasteiger partial charge in [-0.15, -0.1) is 0 Å². The normalized spacial score (nSPS) is 22.2. The average Bonchev–Trinajstić information content (AvgIpc) is 2.29. The summed E-state index contributed by atoms with van der Waals surface area (Å²) >= 11 is 0. The SMILES string of the molecule is CCOC1CCCN(CCCCNC(C)C)C1. The molecule has 3 nitrogen and oxygen atoms in total. The highest BCUT2D eigenvalue weighted by atomic mass is 16.5. The number of rotatable bonds is 8. The first-order valence-electron chi connectivity index (χ1n) is 7.29. The summed E-state index contributed by atoms with van der Waals surface area (Å²) in [6, 6.07) is 0.618. The van der Waals surface area contributed by atoms with Gasteiger partial charge in [-0.1, -0.05) is 13.8 Å². The van der Waals surface area contributed by atoms with E-state index in [0.717, 1.165) is 19.7 Å². The van der Waals surface area contributed by atoms with E-state index in [1.54, 1.807) is 0 Å². The smallest absolute Gasteiger partial charge is 0.0702 e. The van der Waals surface area contributed by atoms with Crippen molar-refractivity contribution < 1.29 is 4.74 Å². The molecule has 0 aromatic rings. The van der Waals surface area contributed by atoms with Crippen LogP contribution in [0.4, 0.5) is 0 Å². The van der Waals surface area contributed by atoms with Crippen molar-refractivity contribution in [2.45, 2.75) is 58.6 Å². The van der Waals surface area contributed by atoms with Crippen LogP contribution in [0, 0.1) is 0 Å². The van der Waals surface area contributed by atoms with Gasteiger partial charge in [-0.25, -0.2) is 0 Å². The van der Waals surface area contributed by atoms with Crippen molar-refractivity contribution in [1.82, 2.24) is 10.2 Å². The maximum Gasteiger partial charge on any atom is 0.0702 e. The van der Waals surface area contributed by atoms with E-state index in [1.165, 1.54) is 38.8 Å². The lowest BCUT2D eigenvalue weighted by Gasteiger charge is -2.32. The Balaban J connectivity index is 2.02. The molecule has 1 atom stereocenters. The summed E-state index contributed by atoms with van der Waals surface area (Å²) in [6.45, 7) is 12.2. The largest absolute Gasteiger partial charge is 0.377 e. The summed E-state index contributed by atoms with van der Waals surface area (Å²) in [5.74, 6) is 0. The molecule has 1 aliphatic rings. The van der Waals surface area contributed by atoms with Crippen LogP contribution in [0.15, 0.2) is 0 Å². The van der Waals surface area contributed by atoms with Crippen molar-refractivity contribution in [3.63, 3.8) is 0 Å². The number of nitrogens with zero attached hydrogens (tertiary/aromatic N) is 1. The average molecular weight is 242 g/mol. The van der Waals surface area contributed by atoms with Crippen LogP contribution in [-0.2, 0) is 4.74 Å². The molecular formula is C14H30N2O. The fourth-order valence-corrected chi connectivity index (χ4v) is 2.44. The second kappa shape index (κ2) is 8.90. The third-order valence-electron chi connectivity index (χ3n) is 3.32. The van der Waals surface area contributed by atoms with Gasteiger partial charge in [-0.2, -0.15) is 0 Å². The Morgan fingerprint density at radius 2 is 2.18 bits per heavy atom. The zero-order valence-electron chi connectivity index (χ0n) is 11.9. The van der Waals surface area contributed by atoms with Gasteiger partial charge < -0.3 is 15.0 Å². The Labute approximate surface area is 107 Å². The van der Waals surface area contributed by atoms with E-state index in [1.807, 2.05) is 0 Å². The van der Waals surface area contributed by atoms with Crippen molar-refractivity contribution in [2.75, 3.05) is 32.8 Å². The first-order valence-corrected chi connectivity index (χ1v) is 7.29. The van der Waals surface area contributed by atoms with Crippen LogP contribution in [-0.4, -0.2) is 49.8 Å². The summed E-state index contributed by atoms with van der Waals surface area (Å²) in [4.78, 5) is 2.57. The van der Waals surface area contributed by atoms with E-state index < -0.39 is 0 Å². The van der Waals surface area contributed by atoms with Crippen molar-refractivity contribution in [2.24, 2.45) is 0 Å². The van der Waals surface area contributed by atoms with Crippen LogP contribution >= 0.6 is 0 Å². The van der Waals surface area contributed by atoms with Crippen LogP contribution in [0.2, 0.25) is 0 Å². The highest BCUT2D eigenvalue weighted by Gasteiger charge is 2.19. The number of likely N-dealkylation sites (tertiary alicyclic amines) is 1. The van der Waals surface area contributed by atoms with Crippen molar-refractivity contribution in [1.29, 1.82) is 0 Å². The summed E-state index contributed by atoms with van der Waals surface area (Å²) in [6.07, 6.45) is 5.63. The van der Waals surface area contributed by atoms with Gasteiger partial charge in [0.25, 0.3) is 0 Å². The molecule has 1 heterocycles. The summed E-state index contributed by atoms with van der Waals surface area (Å²) in [5, 5.41) is 3.47. The Bertz CT molecular complexity index is 183. The van der Waals surface area contributed by atoms with E-state index in [9.17, 15) is 0 Å². The fraction of sp³-hybridized carbons (Fsp3) is 1.00. The van der Waals surface area contributed by atoms with Crippen molar-refractivity contribution in [3.05, 3.63) is 0 Å². The van der Waals surface area contributed by atoms with Crippen molar-refractivity contribution >= 4 is 0 Å². The molecule has 0 bridgehead atoms. The molecule has 1 N–H and O–H groups in total. The number of unbranched alkanes of at least 4 members (excludes halogenated alkanes) is 1. The highest BCUT2D eigenvalue weighted by Crippen LogP contribution is 2.13. The number of nitrogens with one attached hydrogen (secondary N) is 1. The zero-order valence-corrected chi connectivity index (χ0v) is 11.9. The van der Waals surface area contributed by atoms with Gasteiger partial charge in [-0.05, 0) is 52.2 Å². The summed E-state index contributed by atoms with van der Waals surface area (Å²) in [7, 11) is 0. The zero-order chi connectivity index (χ0) is 12.5. The minimum Gasteiger partial charge on any atom is -0.377 e. The topological polar surface area (TPSA) is 24.5 Å². The third-order valence-corrected chi connectivity index (χ3v) is 3.32. The molecule has 0 saturated carbocycles. The van der Waals surface area contributed by atoms with Gasteiger partial charge in [0.2, 0.25) is 0 Å². The van der Waals surface area contributed by atoms with Gasteiger partial charge in [-0.3, -0.25) is 0 Å². The molecule has 1 fully saturated rings. The molecule has 1 aliphatic heterocycles. The van der Waals surface area contributed by atoms with Gasteiger partial charge in [0.05, 0.1) is 6.10 Å². The number of piperidine rings is 1. The first-order chi connectivity index (χ1) is 8.22. The highest BCUT2D eigenvalue weighted by molar-refractivity contribution is 4.73. The van der Waals surface area contributed by atoms with E-state index in [2.05, 4.69) is 31.0 Å². The van der Waals surface area contributed by atoms with Gasteiger partial charge in [0, 0.05) is 19.2 Å². The molecule has 0 spiro atoms. The number of ether oxygens (including phenoxy) is 1. The molecule has 0 aromatic heterocycles. The molecule has 3 heteroatoms. The molecule has 17 heavy (non-hydrogen) atoms. The van der Waals surface area contributed by atoms with Gasteiger partial charge in [0.15, 0.2) is 0 Å². The molecule has 0 radical (unpaired) electrons. The van der Waals surface area contributed by atoms with Crippen LogP contribution in [0.25, 0.3) is 0 Å². The molecule has 1 rings (SSSR count). The molecule has 0 aliphatic carbocycles. The summed E-state index contributed by atoms with van der Waals surface area (Å²) in [5.41, 5.74) is 0. The predicted molar refractivity (Wildman–Crippen MR) is 73.5 cm³/mol. The monoisotopic (exact) mass is 242 g/mol. The number of hydrogen-bond donors (Lipinski definition) is 1. The maximum absolute atomic E-state index is 5.72. The quantitative estimate of drug-likeness (QED) is 0.661. The van der Waals surface area contributed by atoms with Gasteiger partial charge >= 0.3 is 0 Å². The fourth-order valence-electron chi connectivity index (χ4n) is 2.44. The van der Waals surface area contributed by atoms with Crippen LogP contribution in [0.1, 0.15) is 46.5 Å². The molecule has 0 amide bonds. The lowest BCUT2D eigenvalue weighted by atomic mass is 10.1. The molecule has 1 unspecified atom stereocenters. The number of hydrogen-bond acceptors (Lipinski definition) is 3. The Kier molecular flexibility index (Phi) is 7.82. The molecule has 1 saturated heterocycles. The Hall–Kier alpha value is -0.120. The predicted octanol–water partition coefficient (Wildman–Crippen LogP) is 2.27. The van der Waals surface area contributed by atoms with Crippen LogP contribution in [0.3, 0.4) is 0 Å². The van der Waals surface area contributed by atoms with E-state index in [0.29, 0.717) is 12.1 Å². The third kappa shape index (κ3) is 7.02. The molecular weight excluding hydrogens is 212 g/mol. The van der Waals surface area contributed by atoms with Crippen LogP contribution < -0.4 is 5.32 Å². The second-order valence-corrected chi connectivity index (χ2v) is 5.34. The lowest BCUT2D eigenvalue weighted by molar-refractivity contribution is 0.00563. The molecule has 102 valence electrons. The van der Waals surface area contributed by atoms with Gasteiger partial charge in [0.1, 0.15) is 0 Å². The van der Waals surface area contributed by atoms with E-state index in [-0.39, 0.29) is 0 Å². The standard InChI is InChI=1S/C14H30N2O/c1-4-17-14-8-7-11-16(12-14)10-6-5-9-15-13(2)3/h13-15H,4-12H2,1-3H3. The molecule has 0 aromatic carbocycles. The van der Waals surface area contributed by atoms with Crippen LogP contribution in [0.5, 0.6) is 0 Å². The first kappa shape index (κ1) is 14.9. The van der Waals surface area contributed by atoms with E-state index >= 15 is 0 Å². The Morgan fingerprint density at radius 3 is 2.88 bits per heavy atom. The minimum absolute atomic E-state index is 0.488. The lowest BCUT2D eigenvalue weighted by Crippen LogP contribution is -2.40.